The predicted octanol–water partition coefficient (Wildman–Crippen LogP) is 1.71. The molecule has 0 aliphatic heterocycles. The van der Waals surface area contributed by atoms with Gasteiger partial charge in [-0.3, -0.25) is 14.4 Å². The summed E-state index contributed by atoms with van der Waals surface area (Å²) in [6, 6.07) is 4.49. The molecule has 0 N–H and O–H groups in total. The van der Waals surface area contributed by atoms with E-state index in [-0.39, 0.29) is 30.8 Å². The zero-order valence-corrected chi connectivity index (χ0v) is 14.4. The Morgan fingerprint density at radius 1 is 1.12 bits per heavy atom. The lowest BCUT2D eigenvalue weighted by Gasteiger charge is -2.23. The second-order valence-corrected chi connectivity index (χ2v) is 5.65. The molecule has 0 saturated carbocycles. The zero-order chi connectivity index (χ0) is 18.6. The van der Waals surface area contributed by atoms with E-state index in [0.29, 0.717) is 5.56 Å². The number of rotatable bonds is 6. The van der Waals surface area contributed by atoms with Gasteiger partial charge < -0.3 is 14.2 Å². The maximum absolute atomic E-state index is 13.0. The van der Waals surface area contributed by atoms with Gasteiger partial charge in [-0.25, -0.2) is 4.79 Å². The summed E-state index contributed by atoms with van der Waals surface area (Å²) in [4.78, 5) is 49.2. The van der Waals surface area contributed by atoms with Crippen molar-refractivity contribution in [1.82, 2.24) is 0 Å². The molecular weight excluding hydrogens is 328 g/mol. The molecule has 1 aliphatic carbocycles. The van der Waals surface area contributed by atoms with Gasteiger partial charge in [-0.05, 0) is 38.0 Å². The summed E-state index contributed by atoms with van der Waals surface area (Å²) in [5.41, 5.74) is -0.653. The summed E-state index contributed by atoms with van der Waals surface area (Å²) < 4.78 is 14.6. The third-order valence-electron chi connectivity index (χ3n) is 4.12. The number of methoxy groups -OCH3 is 1. The van der Waals surface area contributed by atoms with Crippen molar-refractivity contribution in [2.45, 2.75) is 26.7 Å². The molecule has 0 fully saturated rings. The molecule has 7 heteroatoms. The van der Waals surface area contributed by atoms with Crippen LogP contribution in [0.5, 0.6) is 0 Å². The highest BCUT2D eigenvalue weighted by Gasteiger charge is 2.54. The van der Waals surface area contributed by atoms with Crippen LogP contribution >= 0.6 is 0 Å². The first-order chi connectivity index (χ1) is 11.9. The van der Waals surface area contributed by atoms with Crippen molar-refractivity contribution in [2.75, 3.05) is 20.3 Å². The fraction of sp³-hybridized carbons (Fsp3) is 0.444. The van der Waals surface area contributed by atoms with Gasteiger partial charge in [0.05, 0.1) is 32.3 Å². The second-order valence-electron chi connectivity index (χ2n) is 5.65. The Labute approximate surface area is 145 Å². The number of esters is 3. The van der Waals surface area contributed by atoms with Crippen LogP contribution in [-0.4, -0.2) is 44.0 Å². The Kier molecular flexibility index (Phi) is 5.56. The van der Waals surface area contributed by atoms with Crippen LogP contribution in [0.15, 0.2) is 18.2 Å². The van der Waals surface area contributed by atoms with Gasteiger partial charge in [0.15, 0.2) is 5.78 Å². The quantitative estimate of drug-likeness (QED) is 0.439. The van der Waals surface area contributed by atoms with Crippen LogP contribution in [0.2, 0.25) is 0 Å². The maximum Gasteiger partial charge on any atom is 0.337 e. The number of hydrogen-bond acceptors (Lipinski definition) is 7. The van der Waals surface area contributed by atoms with Crippen LogP contribution in [0.25, 0.3) is 0 Å². The molecule has 1 aromatic carbocycles. The summed E-state index contributed by atoms with van der Waals surface area (Å²) in [6.07, 6.45) is -0.374. The maximum atomic E-state index is 13.0. The Balaban J connectivity index is 2.44. The second kappa shape index (κ2) is 7.46. The van der Waals surface area contributed by atoms with Crippen LogP contribution < -0.4 is 0 Å². The van der Waals surface area contributed by atoms with E-state index < -0.39 is 35.5 Å². The summed E-state index contributed by atoms with van der Waals surface area (Å²) in [6.45, 7) is 3.49. The van der Waals surface area contributed by atoms with Gasteiger partial charge >= 0.3 is 17.9 Å². The van der Waals surface area contributed by atoms with Crippen molar-refractivity contribution in [1.29, 1.82) is 0 Å². The largest absolute Gasteiger partial charge is 0.466 e. The number of ketones is 1. The molecular formula is C18H20O7. The monoisotopic (exact) mass is 348 g/mol. The first-order valence-electron chi connectivity index (χ1n) is 7.98. The highest BCUT2D eigenvalue weighted by Crippen LogP contribution is 2.41. The van der Waals surface area contributed by atoms with Crippen LogP contribution in [-0.2, 0) is 30.2 Å². The van der Waals surface area contributed by atoms with Gasteiger partial charge in [-0.2, -0.15) is 0 Å². The molecule has 1 aliphatic rings. The van der Waals surface area contributed by atoms with E-state index in [2.05, 4.69) is 4.74 Å². The van der Waals surface area contributed by atoms with Gasteiger partial charge in [0.25, 0.3) is 0 Å². The molecule has 1 atom stereocenters. The third-order valence-corrected chi connectivity index (χ3v) is 4.12. The molecule has 2 rings (SSSR count). The van der Waals surface area contributed by atoms with Gasteiger partial charge in [0.1, 0.15) is 5.41 Å². The molecule has 0 radical (unpaired) electrons. The van der Waals surface area contributed by atoms with E-state index in [4.69, 9.17) is 9.47 Å². The van der Waals surface area contributed by atoms with E-state index in [1.807, 2.05) is 0 Å². The van der Waals surface area contributed by atoms with Crippen LogP contribution in [0, 0.1) is 5.41 Å². The molecule has 0 bridgehead atoms. The lowest BCUT2D eigenvalue weighted by Crippen LogP contribution is -2.41. The summed E-state index contributed by atoms with van der Waals surface area (Å²) in [7, 11) is 1.24. The number of carbonyl (C=O) groups excluding carboxylic acids is 4. The van der Waals surface area contributed by atoms with E-state index in [1.54, 1.807) is 19.9 Å². The van der Waals surface area contributed by atoms with Gasteiger partial charge in [-0.15, -0.1) is 0 Å². The first kappa shape index (κ1) is 18.6. The van der Waals surface area contributed by atoms with E-state index in [9.17, 15) is 19.2 Å². The molecule has 0 spiro atoms. The smallest absolute Gasteiger partial charge is 0.337 e. The SMILES string of the molecule is CCOC(=O)CC1(C(=O)OCC)Cc2ccc(C(=O)OC)cc2C1=O. The van der Waals surface area contributed by atoms with Crippen molar-refractivity contribution in [3.8, 4) is 0 Å². The Bertz CT molecular complexity index is 722. The minimum absolute atomic E-state index is 0.0280. The molecule has 0 heterocycles. The normalized spacial score (nSPS) is 18.4. The molecule has 1 aromatic rings. The van der Waals surface area contributed by atoms with Crippen molar-refractivity contribution >= 4 is 23.7 Å². The molecule has 0 saturated heterocycles. The van der Waals surface area contributed by atoms with Gasteiger partial charge in [-0.1, -0.05) is 6.07 Å². The van der Waals surface area contributed by atoms with Crippen LogP contribution in [0.4, 0.5) is 0 Å². The molecule has 1 unspecified atom stereocenters. The van der Waals surface area contributed by atoms with E-state index in [0.717, 1.165) is 0 Å². The van der Waals surface area contributed by atoms with Crippen LogP contribution in [0.1, 0.15) is 46.5 Å². The minimum Gasteiger partial charge on any atom is -0.466 e. The number of fused-ring (bicyclic) bond motifs is 1. The zero-order valence-electron chi connectivity index (χ0n) is 14.4. The number of Topliss-reactive ketones (excluding diaryl/α,β-unsaturated/α-hetero) is 1. The number of carbonyl (C=O) groups is 4. The lowest BCUT2D eigenvalue weighted by molar-refractivity contribution is -0.158. The number of benzene rings is 1. The predicted molar refractivity (Wildman–Crippen MR) is 86.1 cm³/mol. The molecule has 0 aromatic heterocycles. The molecule has 25 heavy (non-hydrogen) atoms. The van der Waals surface area contributed by atoms with E-state index >= 15 is 0 Å². The average Bonchev–Trinajstić information content (AvgIpc) is 2.87. The van der Waals surface area contributed by atoms with Crippen molar-refractivity contribution in [3.05, 3.63) is 34.9 Å². The Morgan fingerprint density at radius 3 is 2.40 bits per heavy atom. The highest BCUT2D eigenvalue weighted by atomic mass is 16.5. The highest BCUT2D eigenvalue weighted by molar-refractivity contribution is 6.18. The van der Waals surface area contributed by atoms with Crippen molar-refractivity contribution < 1.29 is 33.4 Å². The molecule has 0 amide bonds. The minimum atomic E-state index is -1.65. The standard InChI is InChI=1S/C18H20O7/c1-4-24-14(19)10-18(17(22)25-5-2)9-12-7-6-11(16(21)23-3)8-13(12)15(18)20/h6-8H,4-5,9-10H2,1-3H3. The van der Waals surface area contributed by atoms with Crippen LogP contribution in [0.3, 0.4) is 0 Å². The molecule has 134 valence electrons. The Morgan fingerprint density at radius 2 is 1.80 bits per heavy atom. The first-order valence-corrected chi connectivity index (χ1v) is 7.98. The van der Waals surface area contributed by atoms with Crippen molar-refractivity contribution in [2.24, 2.45) is 5.41 Å². The average molecular weight is 348 g/mol. The Hall–Kier alpha value is -2.70. The molecule has 7 nitrogen and oxygen atoms in total. The fourth-order valence-corrected chi connectivity index (χ4v) is 2.96. The summed E-state index contributed by atoms with van der Waals surface area (Å²) in [5, 5.41) is 0. The van der Waals surface area contributed by atoms with E-state index in [1.165, 1.54) is 19.2 Å². The van der Waals surface area contributed by atoms with Gasteiger partial charge in [0, 0.05) is 5.56 Å². The lowest BCUT2D eigenvalue weighted by atomic mass is 9.80. The van der Waals surface area contributed by atoms with Gasteiger partial charge in [0.2, 0.25) is 0 Å². The fourth-order valence-electron chi connectivity index (χ4n) is 2.96. The third kappa shape index (κ3) is 3.40. The number of ether oxygens (including phenoxy) is 3. The number of hydrogen-bond donors (Lipinski definition) is 0. The summed E-state index contributed by atoms with van der Waals surface area (Å²) in [5.74, 6) is -2.54. The summed E-state index contributed by atoms with van der Waals surface area (Å²) >= 11 is 0. The van der Waals surface area contributed by atoms with Crippen molar-refractivity contribution in [3.63, 3.8) is 0 Å². The topological polar surface area (TPSA) is 96.0 Å².